The van der Waals surface area contributed by atoms with Crippen LogP contribution < -0.4 is 0 Å². The molecule has 2 fully saturated rings. The van der Waals surface area contributed by atoms with Gasteiger partial charge in [0.15, 0.2) is 17.7 Å². The minimum Gasteiger partial charge on any atom is -0.339 e. The highest BCUT2D eigenvalue weighted by Gasteiger charge is 2.51. The first-order chi connectivity index (χ1) is 6.29. The van der Waals surface area contributed by atoms with Gasteiger partial charge in [0.2, 0.25) is 0 Å². The number of carbonyl (C=O) groups excluding carboxylic acids is 1. The van der Waals surface area contributed by atoms with E-state index in [0.29, 0.717) is 0 Å². The van der Waals surface area contributed by atoms with Gasteiger partial charge in [-0.15, -0.1) is 0 Å². The molecular weight excluding hydrogens is 168 g/mol. The predicted molar refractivity (Wildman–Crippen MR) is 45.1 cm³/mol. The van der Waals surface area contributed by atoms with E-state index in [-0.39, 0.29) is 18.0 Å². The molecule has 0 aromatic carbocycles. The highest BCUT2D eigenvalue weighted by Crippen LogP contribution is 2.43. The van der Waals surface area contributed by atoms with Crippen LogP contribution in [0.3, 0.4) is 0 Å². The lowest BCUT2D eigenvalue weighted by Crippen LogP contribution is -2.28. The molecule has 0 radical (unpaired) electrons. The van der Waals surface area contributed by atoms with E-state index in [1.165, 1.54) is 0 Å². The number of rotatable bonds is 0. The molecular formula is C10H12O3. The standard InChI is InChI=1S/C10H12O3/c11-7-3-4-8-9(7)13-10(12-8)5-1-2-6-10/h3-4,8-9H,1-2,5-6H2/t8-,9+/m1/s1. The zero-order valence-corrected chi connectivity index (χ0v) is 7.36. The summed E-state index contributed by atoms with van der Waals surface area (Å²) >= 11 is 0. The van der Waals surface area contributed by atoms with Gasteiger partial charge in [0.25, 0.3) is 0 Å². The van der Waals surface area contributed by atoms with Crippen LogP contribution in [0.25, 0.3) is 0 Å². The Balaban J connectivity index is 1.85. The quantitative estimate of drug-likeness (QED) is 0.561. The summed E-state index contributed by atoms with van der Waals surface area (Å²) in [4.78, 5) is 11.3. The highest BCUT2D eigenvalue weighted by atomic mass is 16.8. The summed E-state index contributed by atoms with van der Waals surface area (Å²) in [6.45, 7) is 0. The van der Waals surface area contributed by atoms with E-state index in [2.05, 4.69) is 0 Å². The summed E-state index contributed by atoms with van der Waals surface area (Å²) < 4.78 is 11.5. The molecule has 0 N–H and O–H groups in total. The van der Waals surface area contributed by atoms with Gasteiger partial charge in [-0.25, -0.2) is 0 Å². The van der Waals surface area contributed by atoms with Crippen molar-refractivity contribution in [3.8, 4) is 0 Å². The Bertz CT molecular complexity index is 276. The normalized spacial score (nSPS) is 40.5. The molecule has 3 aliphatic rings. The summed E-state index contributed by atoms with van der Waals surface area (Å²) in [5.74, 6) is -0.343. The van der Waals surface area contributed by atoms with E-state index in [1.54, 1.807) is 6.08 Å². The molecule has 3 rings (SSSR count). The van der Waals surface area contributed by atoms with Crippen LogP contribution in [-0.2, 0) is 14.3 Å². The maximum absolute atomic E-state index is 11.3. The Morgan fingerprint density at radius 2 is 2.08 bits per heavy atom. The first-order valence-electron chi connectivity index (χ1n) is 4.87. The second kappa shape index (κ2) is 2.42. The maximum Gasteiger partial charge on any atom is 0.187 e. The van der Waals surface area contributed by atoms with Crippen molar-refractivity contribution in [2.24, 2.45) is 0 Å². The molecule has 0 unspecified atom stereocenters. The van der Waals surface area contributed by atoms with Crippen molar-refractivity contribution >= 4 is 5.78 Å². The van der Waals surface area contributed by atoms with Gasteiger partial charge < -0.3 is 9.47 Å². The number of carbonyl (C=O) groups is 1. The third kappa shape index (κ3) is 1.00. The molecule has 2 atom stereocenters. The van der Waals surface area contributed by atoms with Crippen LogP contribution in [-0.4, -0.2) is 23.8 Å². The lowest BCUT2D eigenvalue weighted by atomic mass is 10.2. The predicted octanol–water partition coefficient (Wildman–Crippen LogP) is 1.18. The average molecular weight is 180 g/mol. The van der Waals surface area contributed by atoms with Gasteiger partial charge in [0.1, 0.15) is 6.10 Å². The topological polar surface area (TPSA) is 35.5 Å². The van der Waals surface area contributed by atoms with Crippen LogP contribution in [0.4, 0.5) is 0 Å². The molecule has 0 bridgehead atoms. The van der Waals surface area contributed by atoms with Gasteiger partial charge in [-0.1, -0.05) is 0 Å². The molecule has 1 saturated heterocycles. The summed E-state index contributed by atoms with van der Waals surface area (Å²) in [7, 11) is 0. The molecule has 2 aliphatic carbocycles. The van der Waals surface area contributed by atoms with Crippen LogP contribution in [0.2, 0.25) is 0 Å². The molecule has 13 heavy (non-hydrogen) atoms. The summed E-state index contributed by atoms with van der Waals surface area (Å²) in [6.07, 6.45) is 7.14. The van der Waals surface area contributed by atoms with Crippen LogP contribution >= 0.6 is 0 Å². The van der Waals surface area contributed by atoms with E-state index >= 15 is 0 Å². The number of ketones is 1. The SMILES string of the molecule is O=C1C=C[C@H]2OC3(CCCC3)O[C@@H]12. The highest BCUT2D eigenvalue weighted by molar-refractivity contribution is 5.97. The molecule has 1 spiro atoms. The number of fused-ring (bicyclic) bond motifs is 1. The Morgan fingerprint density at radius 3 is 2.77 bits per heavy atom. The Hall–Kier alpha value is -0.670. The van der Waals surface area contributed by atoms with E-state index in [0.717, 1.165) is 25.7 Å². The first-order valence-corrected chi connectivity index (χ1v) is 4.87. The van der Waals surface area contributed by atoms with Crippen molar-refractivity contribution in [3.05, 3.63) is 12.2 Å². The molecule has 0 aromatic heterocycles. The molecule has 3 heteroatoms. The first kappa shape index (κ1) is 7.71. The van der Waals surface area contributed by atoms with Crippen molar-refractivity contribution in [1.29, 1.82) is 0 Å². The number of ether oxygens (including phenoxy) is 2. The number of hydrogen-bond donors (Lipinski definition) is 0. The lowest BCUT2D eigenvalue weighted by Gasteiger charge is -2.21. The fraction of sp³-hybridized carbons (Fsp3) is 0.700. The van der Waals surface area contributed by atoms with Crippen LogP contribution in [0.1, 0.15) is 25.7 Å². The zero-order chi connectivity index (χ0) is 8.89. The Morgan fingerprint density at radius 1 is 1.31 bits per heavy atom. The van der Waals surface area contributed by atoms with Gasteiger partial charge in [0, 0.05) is 12.8 Å². The third-order valence-corrected chi connectivity index (χ3v) is 3.09. The molecule has 70 valence electrons. The molecule has 1 aliphatic heterocycles. The fourth-order valence-electron chi connectivity index (χ4n) is 2.43. The second-order valence-electron chi connectivity index (χ2n) is 4.00. The number of hydrogen-bond acceptors (Lipinski definition) is 3. The molecule has 1 heterocycles. The van der Waals surface area contributed by atoms with Crippen molar-refractivity contribution in [2.75, 3.05) is 0 Å². The van der Waals surface area contributed by atoms with Crippen molar-refractivity contribution < 1.29 is 14.3 Å². The van der Waals surface area contributed by atoms with Gasteiger partial charge >= 0.3 is 0 Å². The van der Waals surface area contributed by atoms with Crippen LogP contribution in [0.15, 0.2) is 12.2 Å². The molecule has 0 amide bonds. The van der Waals surface area contributed by atoms with Gasteiger partial charge in [0.05, 0.1) is 0 Å². The monoisotopic (exact) mass is 180 g/mol. The van der Waals surface area contributed by atoms with Crippen molar-refractivity contribution in [1.82, 2.24) is 0 Å². The van der Waals surface area contributed by atoms with E-state index < -0.39 is 5.79 Å². The van der Waals surface area contributed by atoms with Crippen molar-refractivity contribution in [3.63, 3.8) is 0 Å². The van der Waals surface area contributed by atoms with Gasteiger partial charge in [-0.2, -0.15) is 0 Å². The minimum atomic E-state index is -0.407. The van der Waals surface area contributed by atoms with E-state index in [9.17, 15) is 4.79 Å². The summed E-state index contributed by atoms with van der Waals surface area (Å²) in [5, 5.41) is 0. The fourth-order valence-corrected chi connectivity index (χ4v) is 2.43. The lowest BCUT2D eigenvalue weighted by molar-refractivity contribution is -0.170. The molecule has 1 saturated carbocycles. The van der Waals surface area contributed by atoms with Gasteiger partial charge in [-0.3, -0.25) is 4.79 Å². The van der Waals surface area contributed by atoms with Crippen molar-refractivity contribution in [2.45, 2.75) is 43.7 Å². The van der Waals surface area contributed by atoms with Crippen LogP contribution in [0, 0.1) is 0 Å². The summed E-state index contributed by atoms with van der Waals surface area (Å²) in [5.41, 5.74) is 0. The third-order valence-electron chi connectivity index (χ3n) is 3.09. The minimum absolute atomic E-state index is 0.0637. The second-order valence-corrected chi connectivity index (χ2v) is 4.00. The zero-order valence-electron chi connectivity index (χ0n) is 7.36. The summed E-state index contributed by atoms with van der Waals surface area (Å²) in [6, 6.07) is 0. The van der Waals surface area contributed by atoms with Crippen LogP contribution in [0.5, 0.6) is 0 Å². The maximum atomic E-state index is 11.3. The Kier molecular flexibility index (Phi) is 1.44. The Labute approximate surface area is 76.7 Å². The average Bonchev–Trinajstić information content (AvgIpc) is 2.76. The van der Waals surface area contributed by atoms with Gasteiger partial charge in [-0.05, 0) is 25.0 Å². The van der Waals surface area contributed by atoms with E-state index in [4.69, 9.17) is 9.47 Å². The molecule has 3 nitrogen and oxygen atoms in total. The van der Waals surface area contributed by atoms with E-state index in [1.807, 2.05) is 6.08 Å². The smallest absolute Gasteiger partial charge is 0.187 e. The molecule has 0 aromatic rings. The largest absolute Gasteiger partial charge is 0.339 e.